The molecular weight excluding hydrogens is 236 g/mol. The molecule has 0 fully saturated rings. The van der Waals surface area contributed by atoms with Crippen LogP contribution in [-0.2, 0) is 4.79 Å². The molecule has 1 aromatic carbocycles. The summed E-state index contributed by atoms with van der Waals surface area (Å²) in [5, 5.41) is 7.57. The first-order valence-electron chi connectivity index (χ1n) is 3.70. The maximum atomic E-state index is 10.4. The zero-order chi connectivity index (χ0) is 9.84. The van der Waals surface area contributed by atoms with Crippen LogP contribution >= 0.6 is 15.9 Å². The maximum Gasteiger partial charge on any atom is 0.356 e. The fourth-order valence-corrected chi connectivity index (χ4v) is 1.05. The molecule has 0 aromatic heterocycles. The van der Waals surface area contributed by atoms with Gasteiger partial charge in [-0.3, -0.25) is 0 Å². The molecule has 0 spiro atoms. The van der Waals surface area contributed by atoms with E-state index in [2.05, 4.69) is 15.9 Å². The lowest BCUT2D eigenvalue weighted by Crippen LogP contribution is -2.19. The molecule has 0 radical (unpaired) electrons. The molecule has 1 atom stereocenters. The number of carbonyl (C=O) groups is 1. The lowest BCUT2D eigenvalue weighted by molar-refractivity contribution is -0.140. The van der Waals surface area contributed by atoms with Crippen molar-refractivity contribution in [2.75, 3.05) is 0 Å². The number of para-hydroxylation sites is 1. The lowest BCUT2D eigenvalue weighted by Gasteiger charge is -2.10. The minimum atomic E-state index is -1.04. The number of benzene rings is 1. The summed E-state index contributed by atoms with van der Waals surface area (Å²) in [6, 6.07) is 7.25. The van der Waals surface area contributed by atoms with Gasteiger partial charge in [0.1, 0.15) is 5.75 Å². The summed E-state index contributed by atoms with van der Waals surface area (Å²) in [6.07, 6.45) is 0. The summed E-state index contributed by atoms with van der Waals surface area (Å²) >= 11 is 2.89. The van der Waals surface area contributed by atoms with Crippen molar-refractivity contribution in [3.63, 3.8) is 0 Å². The molecule has 1 N–H and O–H groups in total. The van der Waals surface area contributed by atoms with Crippen LogP contribution in [0.2, 0.25) is 0 Å². The minimum Gasteiger partial charge on any atom is -0.478 e. The average molecular weight is 245 g/mol. The zero-order valence-electron chi connectivity index (χ0n) is 7.03. The third-order valence-electron chi connectivity index (χ3n) is 1.52. The van der Waals surface area contributed by atoms with Gasteiger partial charge in [0.05, 0.1) is 0 Å². The van der Waals surface area contributed by atoms with E-state index in [1.165, 1.54) is 0 Å². The SMILES string of the molecule is Cc1ccccc1OC(Br)C(=O)O. The first kappa shape index (κ1) is 10.1. The largest absolute Gasteiger partial charge is 0.478 e. The van der Waals surface area contributed by atoms with E-state index >= 15 is 0 Å². The Hall–Kier alpha value is -1.03. The molecule has 0 heterocycles. The Kier molecular flexibility index (Phi) is 3.31. The highest BCUT2D eigenvalue weighted by atomic mass is 79.9. The van der Waals surface area contributed by atoms with Crippen molar-refractivity contribution < 1.29 is 14.6 Å². The second kappa shape index (κ2) is 4.28. The van der Waals surface area contributed by atoms with E-state index in [0.717, 1.165) is 5.56 Å². The fraction of sp³-hybridized carbons (Fsp3) is 0.222. The van der Waals surface area contributed by atoms with Crippen molar-refractivity contribution in [1.29, 1.82) is 0 Å². The second-order valence-electron chi connectivity index (χ2n) is 2.54. The molecule has 4 heteroatoms. The van der Waals surface area contributed by atoms with Crippen molar-refractivity contribution in [3.8, 4) is 5.75 Å². The van der Waals surface area contributed by atoms with Crippen LogP contribution in [0, 0.1) is 6.92 Å². The number of hydrogen-bond donors (Lipinski definition) is 1. The van der Waals surface area contributed by atoms with Crippen molar-refractivity contribution in [2.24, 2.45) is 0 Å². The molecular formula is C9H9BrO3. The minimum absolute atomic E-state index is 0.576. The fourth-order valence-electron chi connectivity index (χ4n) is 0.851. The molecule has 0 amide bonds. The Bertz CT molecular complexity index is 311. The van der Waals surface area contributed by atoms with Crippen LogP contribution in [0.25, 0.3) is 0 Å². The highest BCUT2D eigenvalue weighted by Crippen LogP contribution is 2.19. The van der Waals surface area contributed by atoms with Gasteiger partial charge in [-0.1, -0.05) is 18.2 Å². The Morgan fingerprint density at radius 3 is 2.69 bits per heavy atom. The summed E-state index contributed by atoms with van der Waals surface area (Å²) in [4.78, 5) is 10.4. The van der Waals surface area contributed by atoms with Crippen LogP contribution in [0.5, 0.6) is 5.75 Å². The highest BCUT2D eigenvalue weighted by Gasteiger charge is 2.14. The smallest absolute Gasteiger partial charge is 0.356 e. The Balaban J connectivity index is 2.74. The van der Waals surface area contributed by atoms with Crippen LogP contribution in [0.3, 0.4) is 0 Å². The summed E-state index contributed by atoms with van der Waals surface area (Å²) in [6.45, 7) is 1.86. The van der Waals surface area contributed by atoms with Crippen molar-refractivity contribution in [3.05, 3.63) is 29.8 Å². The molecule has 3 nitrogen and oxygen atoms in total. The van der Waals surface area contributed by atoms with E-state index in [-0.39, 0.29) is 0 Å². The van der Waals surface area contributed by atoms with E-state index in [4.69, 9.17) is 9.84 Å². The first-order valence-corrected chi connectivity index (χ1v) is 4.62. The summed E-state index contributed by atoms with van der Waals surface area (Å²) in [5.74, 6) is -0.463. The standard InChI is InChI=1S/C9H9BrO3/c1-6-4-2-3-5-7(6)13-8(10)9(11)12/h2-5,8H,1H3,(H,11,12). The molecule has 1 rings (SSSR count). The summed E-state index contributed by atoms with van der Waals surface area (Å²) in [7, 11) is 0. The number of alkyl halides is 1. The predicted octanol–water partition coefficient (Wildman–Crippen LogP) is 2.18. The van der Waals surface area contributed by atoms with E-state index in [1.807, 2.05) is 19.1 Å². The van der Waals surface area contributed by atoms with Crippen LogP contribution in [0.4, 0.5) is 0 Å². The number of aliphatic carboxylic acids is 1. The molecule has 0 saturated heterocycles. The maximum absolute atomic E-state index is 10.4. The van der Waals surface area contributed by atoms with E-state index in [0.29, 0.717) is 5.75 Å². The number of carboxylic acid groups (broad SMARTS) is 1. The van der Waals surface area contributed by atoms with Gasteiger partial charge in [0.2, 0.25) is 5.01 Å². The van der Waals surface area contributed by atoms with Gasteiger partial charge in [-0.25, -0.2) is 4.79 Å². The molecule has 0 saturated carbocycles. The van der Waals surface area contributed by atoms with Gasteiger partial charge in [-0.05, 0) is 34.5 Å². The molecule has 1 aromatic rings. The van der Waals surface area contributed by atoms with E-state index in [1.54, 1.807) is 12.1 Å². The molecule has 1 unspecified atom stereocenters. The van der Waals surface area contributed by atoms with Crippen molar-refractivity contribution >= 4 is 21.9 Å². The quantitative estimate of drug-likeness (QED) is 0.830. The number of rotatable bonds is 3. The van der Waals surface area contributed by atoms with Gasteiger partial charge >= 0.3 is 5.97 Å². The monoisotopic (exact) mass is 244 g/mol. The number of carboxylic acids is 1. The zero-order valence-corrected chi connectivity index (χ0v) is 8.61. The highest BCUT2D eigenvalue weighted by molar-refractivity contribution is 9.09. The number of aryl methyl sites for hydroxylation is 1. The van der Waals surface area contributed by atoms with Crippen molar-refractivity contribution in [2.45, 2.75) is 11.9 Å². The molecule has 0 aliphatic heterocycles. The van der Waals surface area contributed by atoms with E-state index < -0.39 is 11.0 Å². The normalized spacial score (nSPS) is 12.2. The van der Waals surface area contributed by atoms with Gasteiger partial charge in [0.25, 0.3) is 0 Å². The molecule has 13 heavy (non-hydrogen) atoms. The topological polar surface area (TPSA) is 46.5 Å². The molecule has 0 aliphatic rings. The first-order chi connectivity index (χ1) is 6.11. The van der Waals surface area contributed by atoms with Gasteiger partial charge in [-0.2, -0.15) is 0 Å². The number of ether oxygens (including phenoxy) is 1. The van der Waals surface area contributed by atoms with Gasteiger partial charge in [0, 0.05) is 0 Å². The summed E-state index contributed by atoms with van der Waals surface area (Å²) in [5.41, 5.74) is 0.910. The Labute approximate surface area is 84.5 Å². The number of halogens is 1. The Morgan fingerprint density at radius 1 is 1.54 bits per heavy atom. The third-order valence-corrected chi connectivity index (χ3v) is 2.10. The lowest BCUT2D eigenvalue weighted by atomic mass is 10.2. The average Bonchev–Trinajstić information content (AvgIpc) is 2.08. The predicted molar refractivity (Wildman–Crippen MR) is 52.2 cm³/mol. The Morgan fingerprint density at radius 2 is 2.15 bits per heavy atom. The van der Waals surface area contributed by atoms with Crippen LogP contribution in [0.15, 0.2) is 24.3 Å². The van der Waals surface area contributed by atoms with Gasteiger partial charge in [0.15, 0.2) is 0 Å². The molecule has 70 valence electrons. The molecule has 0 bridgehead atoms. The second-order valence-corrected chi connectivity index (χ2v) is 3.37. The van der Waals surface area contributed by atoms with E-state index in [9.17, 15) is 4.79 Å². The molecule has 0 aliphatic carbocycles. The van der Waals surface area contributed by atoms with Crippen LogP contribution in [0.1, 0.15) is 5.56 Å². The van der Waals surface area contributed by atoms with Crippen LogP contribution < -0.4 is 4.74 Å². The summed E-state index contributed by atoms with van der Waals surface area (Å²) < 4.78 is 5.12. The third kappa shape index (κ3) is 2.73. The van der Waals surface area contributed by atoms with Crippen LogP contribution in [-0.4, -0.2) is 16.1 Å². The van der Waals surface area contributed by atoms with Crippen molar-refractivity contribution in [1.82, 2.24) is 0 Å². The van der Waals surface area contributed by atoms with Gasteiger partial charge < -0.3 is 9.84 Å². The van der Waals surface area contributed by atoms with Gasteiger partial charge in [-0.15, -0.1) is 0 Å². The number of hydrogen-bond acceptors (Lipinski definition) is 2.